The van der Waals surface area contributed by atoms with E-state index in [1.807, 2.05) is 4.90 Å². The van der Waals surface area contributed by atoms with E-state index in [-0.39, 0.29) is 0 Å². The first-order chi connectivity index (χ1) is 3.72. The molecule has 0 radical (unpaired) electrons. The minimum absolute atomic E-state index is 0.470. The smallest absolute Gasteiger partial charge is 0.0654 e. The lowest BCUT2D eigenvalue weighted by atomic mass is 10.4. The minimum atomic E-state index is 0.470. The van der Waals surface area contributed by atoms with E-state index in [4.69, 9.17) is 5.73 Å². The standard InChI is InChI=1S/C6H14N2/c1-4-8(5-7)6(2)3/h4,6H,1,5,7H2,2-3H3. The van der Waals surface area contributed by atoms with Crippen LogP contribution < -0.4 is 5.73 Å². The van der Waals surface area contributed by atoms with Crippen LogP contribution in [0.4, 0.5) is 0 Å². The Hall–Kier alpha value is -0.500. The Balaban J connectivity index is 3.51. The molecule has 0 bridgehead atoms. The summed E-state index contributed by atoms with van der Waals surface area (Å²) in [5.41, 5.74) is 5.34. The maximum atomic E-state index is 5.34. The summed E-state index contributed by atoms with van der Waals surface area (Å²) in [5, 5.41) is 0. The number of nitrogens with two attached hydrogens (primary N) is 1. The van der Waals surface area contributed by atoms with Crippen molar-refractivity contribution in [3.05, 3.63) is 12.8 Å². The third-order valence-electron chi connectivity index (χ3n) is 1.11. The summed E-state index contributed by atoms with van der Waals surface area (Å²) in [5.74, 6) is 0. The van der Waals surface area contributed by atoms with Crippen molar-refractivity contribution in [2.45, 2.75) is 19.9 Å². The predicted octanol–water partition coefficient (Wildman–Crippen LogP) is 0.757. The van der Waals surface area contributed by atoms with Crippen LogP contribution in [0.15, 0.2) is 12.8 Å². The molecule has 0 atom stereocenters. The molecule has 0 saturated heterocycles. The Labute approximate surface area is 51.0 Å². The van der Waals surface area contributed by atoms with Crippen LogP contribution in [0.5, 0.6) is 0 Å². The van der Waals surface area contributed by atoms with Crippen molar-refractivity contribution in [3.63, 3.8) is 0 Å². The summed E-state index contributed by atoms with van der Waals surface area (Å²) in [4.78, 5) is 1.96. The molecule has 0 unspecified atom stereocenters. The van der Waals surface area contributed by atoms with Gasteiger partial charge in [-0.05, 0) is 20.0 Å². The van der Waals surface area contributed by atoms with E-state index in [0.717, 1.165) is 0 Å². The number of rotatable bonds is 3. The molecule has 2 heteroatoms. The van der Waals surface area contributed by atoms with Crippen molar-refractivity contribution >= 4 is 0 Å². The Bertz CT molecular complexity index is 68.9. The first kappa shape index (κ1) is 7.50. The van der Waals surface area contributed by atoms with Crippen LogP contribution in [0.1, 0.15) is 13.8 Å². The van der Waals surface area contributed by atoms with E-state index >= 15 is 0 Å². The molecular formula is C6H14N2. The van der Waals surface area contributed by atoms with Gasteiger partial charge < -0.3 is 10.6 Å². The van der Waals surface area contributed by atoms with E-state index in [9.17, 15) is 0 Å². The molecule has 0 aliphatic carbocycles. The van der Waals surface area contributed by atoms with Crippen LogP contribution in [-0.4, -0.2) is 17.6 Å². The van der Waals surface area contributed by atoms with Crippen LogP contribution in [0.3, 0.4) is 0 Å². The SMILES string of the molecule is C=CN(CN)C(C)C. The highest BCUT2D eigenvalue weighted by Crippen LogP contribution is 1.92. The second kappa shape index (κ2) is 3.50. The van der Waals surface area contributed by atoms with E-state index in [1.54, 1.807) is 6.20 Å². The zero-order valence-corrected chi connectivity index (χ0v) is 5.59. The average molecular weight is 114 g/mol. The molecule has 0 aliphatic rings. The topological polar surface area (TPSA) is 29.3 Å². The quantitative estimate of drug-likeness (QED) is 0.549. The van der Waals surface area contributed by atoms with Crippen LogP contribution in [0.2, 0.25) is 0 Å². The molecule has 0 spiro atoms. The van der Waals surface area contributed by atoms with Gasteiger partial charge >= 0.3 is 0 Å². The van der Waals surface area contributed by atoms with Crippen LogP contribution in [0.25, 0.3) is 0 Å². The first-order valence-corrected chi connectivity index (χ1v) is 2.80. The van der Waals surface area contributed by atoms with Gasteiger partial charge in [-0.25, -0.2) is 0 Å². The van der Waals surface area contributed by atoms with Gasteiger partial charge in [0.25, 0.3) is 0 Å². The molecule has 2 N–H and O–H groups in total. The fraction of sp³-hybridized carbons (Fsp3) is 0.667. The predicted molar refractivity (Wildman–Crippen MR) is 36.2 cm³/mol. The zero-order chi connectivity index (χ0) is 6.57. The van der Waals surface area contributed by atoms with Gasteiger partial charge in [-0.15, -0.1) is 0 Å². The van der Waals surface area contributed by atoms with Gasteiger partial charge in [0.1, 0.15) is 0 Å². The van der Waals surface area contributed by atoms with Gasteiger partial charge in [0, 0.05) is 6.04 Å². The Morgan fingerprint density at radius 3 is 2.25 bits per heavy atom. The molecule has 0 rings (SSSR count). The van der Waals surface area contributed by atoms with Crippen molar-refractivity contribution < 1.29 is 0 Å². The molecule has 0 saturated carbocycles. The highest BCUT2D eigenvalue weighted by atomic mass is 15.2. The van der Waals surface area contributed by atoms with Crippen LogP contribution >= 0.6 is 0 Å². The monoisotopic (exact) mass is 114 g/mol. The maximum absolute atomic E-state index is 5.34. The third-order valence-corrected chi connectivity index (χ3v) is 1.11. The number of hydrogen-bond donors (Lipinski definition) is 1. The lowest BCUT2D eigenvalue weighted by molar-refractivity contribution is 0.321. The first-order valence-electron chi connectivity index (χ1n) is 2.80. The van der Waals surface area contributed by atoms with Crippen molar-refractivity contribution in [2.75, 3.05) is 6.67 Å². The molecule has 0 heterocycles. The largest absolute Gasteiger partial charge is 0.363 e. The van der Waals surface area contributed by atoms with Gasteiger partial charge in [0.2, 0.25) is 0 Å². The zero-order valence-electron chi connectivity index (χ0n) is 5.59. The molecule has 2 nitrogen and oxygen atoms in total. The Morgan fingerprint density at radius 2 is 2.25 bits per heavy atom. The second-order valence-corrected chi connectivity index (χ2v) is 1.97. The van der Waals surface area contributed by atoms with Gasteiger partial charge in [-0.3, -0.25) is 0 Å². The van der Waals surface area contributed by atoms with Gasteiger partial charge in [-0.1, -0.05) is 6.58 Å². The minimum Gasteiger partial charge on any atom is -0.363 e. The fourth-order valence-electron chi connectivity index (χ4n) is 0.496. The van der Waals surface area contributed by atoms with Gasteiger partial charge in [0.05, 0.1) is 6.67 Å². The van der Waals surface area contributed by atoms with Gasteiger partial charge in [0.15, 0.2) is 0 Å². The van der Waals surface area contributed by atoms with Crippen molar-refractivity contribution in [3.8, 4) is 0 Å². The van der Waals surface area contributed by atoms with E-state index in [1.165, 1.54) is 0 Å². The van der Waals surface area contributed by atoms with Crippen molar-refractivity contribution in [2.24, 2.45) is 5.73 Å². The van der Waals surface area contributed by atoms with Crippen molar-refractivity contribution in [1.82, 2.24) is 4.90 Å². The van der Waals surface area contributed by atoms with E-state index in [0.29, 0.717) is 12.7 Å². The Kier molecular flexibility index (Phi) is 3.28. The molecule has 0 amide bonds. The summed E-state index contributed by atoms with van der Waals surface area (Å²) in [6, 6.07) is 0.470. The molecule has 0 fully saturated rings. The van der Waals surface area contributed by atoms with E-state index in [2.05, 4.69) is 20.4 Å². The lowest BCUT2D eigenvalue weighted by Crippen LogP contribution is -2.30. The van der Waals surface area contributed by atoms with E-state index < -0.39 is 0 Å². The van der Waals surface area contributed by atoms with Crippen LogP contribution in [0, 0.1) is 0 Å². The summed E-state index contributed by atoms with van der Waals surface area (Å²) in [6.07, 6.45) is 1.75. The highest BCUT2D eigenvalue weighted by Gasteiger charge is 1.97. The fourth-order valence-corrected chi connectivity index (χ4v) is 0.496. The number of hydrogen-bond acceptors (Lipinski definition) is 2. The Morgan fingerprint density at radius 1 is 1.75 bits per heavy atom. The lowest BCUT2D eigenvalue weighted by Gasteiger charge is -2.21. The average Bonchev–Trinajstić information content (AvgIpc) is 1.69. The summed E-state index contributed by atoms with van der Waals surface area (Å²) in [7, 11) is 0. The van der Waals surface area contributed by atoms with Crippen molar-refractivity contribution in [1.29, 1.82) is 0 Å². The molecule has 0 aromatic heterocycles. The molecule has 0 aromatic rings. The molecule has 0 aromatic carbocycles. The maximum Gasteiger partial charge on any atom is 0.0654 e. The molecule has 0 aliphatic heterocycles. The van der Waals surface area contributed by atoms with Gasteiger partial charge in [-0.2, -0.15) is 0 Å². The molecule has 8 heavy (non-hydrogen) atoms. The summed E-state index contributed by atoms with van der Waals surface area (Å²) < 4.78 is 0. The highest BCUT2D eigenvalue weighted by molar-refractivity contribution is 4.71. The second-order valence-electron chi connectivity index (χ2n) is 1.97. The number of nitrogens with zero attached hydrogens (tertiary/aromatic N) is 1. The van der Waals surface area contributed by atoms with Crippen LogP contribution in [-0.2, 0) is 0 Å². The third kappa shape index (κ3) is 1.98. The molecular weight excluding hydrogens is 100 g/mol. The summed E-state index contributed by atoms with van der Waals surface area (Å²) >= 11 is 0. The molecule has 48 valence electrons. The summed E-state index contributed by atoms with van der Waals surface area (Å²) in [6.45, 7) is 8.31. The normalized spacial score (nSPS) is 9.50.